The van der Waals surface area contributed by atoms with Gasteiger partial charge in [-0.2, -0.15) is 0 Å². The highest BCUT2D eigenvalue weighted by atomic mass is 19.1. The maximum atomic E-state index is 13.3. The fourth-order valence-corrected chi connectivity index (χ4v) is 3.37. The molecule has 6 nitrogen and oxygen atoms in total. The number of benzene rings is 1. The monoisotopic (exact) mass is 368 g/mol. The summed E-state index contributed by atoms with van der Waals surface area (Å²) in [6.45, 7) is 3.30. The maximum absolute atomic E-state index is 13.3. The Morgan fingerprint density at radius 1 is 1.07 bits per heavy atom. The summed E-state index contributed by atoms with van der Waals surface area (Å²) in [6, 6.07) is 6.22. The second-order valence-electron chi connectivity index (χ2n) is 6.93. The topological polar surface area (TPSA) is 73.1 Å². The lowest BCUT2D eigenvalue weighted by atomic mass is 9.94. The number of aromatic nitrogens is 4. The van der Waals surface area contributed by atoms with Crippen LogP contribution in [0.3, 0.4) is 0 Å². The molecule has 1 N–H and O–H groups in total. The summed E-state index contributed by atoms with van der Waals surface area (Å²) in [6.07, 6.45) is 6.34. The van der Waals surface area contributed by atoms with Gasteiger partial charge in [-0.1, -0.05) is 0 Å². The Morgan fingerprint density at radius 3 is 2.41 bits per heavy atom. The Balaban J connectivity index is 1.79. The number of hydrogen-bond acceptors (Lipinski definition) is 5. The molecule has 0 radical (unpaired) electrons. The van der Waals surface area contributed by atoms with Crippen LogP contribution in [0.4, 0.5) is 4.39 Å². The van der Waals surface area contributed by atoms with Gasteiger partial charge in [-0.05, 0) is 31.2 Å². The Morgan fingerprint density at radius 2 is 1.74 bits per heavy atom. The summed E-state index contributed by atoms with van der Waals surface area (Å²) >= 11 is 0. The summed E-state index contributed by atoms with van der Waals surface area (Å²) in [4.78, 5) is 13.1. The summed E-state index contributed by atoms with van der Waals surface area (Å²) < 4.78 is 20.6. The van der Waals surface area contributed by atoms with E-state index in [0.717, 1.165) is 16.8 Å². The molecular weight excluding hydrogens is 347 g/mol. The Kier molecular flexibility index (Phi) is 4.72. The highest BCUT2D eigenvalue weighted by Crippen LogP contribution is 2.33. The highest BCUT2D eigenvalue weighted by Gasteiger charge is 2.31. The lowest BCUT2D eigenvalue weighted by Gasteiger charge is -2.32. The normalized spacial score (nSPS) is 16.4. The van der Waals surface area contributed by atoms with Crippen molar-refractivity contribution in [3.8, 4) is 22.5 Å². The summed E-state index contributed by atoms with van der Waals surface area (Å²) in [5, 5.41) is 10.9. The molecule has 2 aromatic heterocycles. The first-order chi connectivity index (χ1) is 13.0. The van der Waals surface area contributed by atoms with Gasteiger partial charge in [0, 0.05) is 49.6 Å². The first-order valence-corrected chi connectivity index (χ1v) is 8.94. The Hall–Kier alpha value is -2.64. The van der Waals surface area contributed by atoms with E-state index in [4.69, 9.17) is 4.74 Å². The molecule has 0 aliphatic carbocycles. The van der Waals surface area contributed by atoms with Crippen LogP contribution in [0, 0.1) is 12.7 Å². The van der Waals surface area contributed by atoms with Crippen LogP contribution in [-0.4, -0.2) is 43.4 Å². The molecule has 0 saturated carbocycles. The first-order valence-electron chi connectivity index (χ1n) is 8.94. The zero-order valence-electron chi connectivity index (χ0n) is 15.1. The molecule has 1 aromatic carbocycles. The largest absolute Gasteiger partial charge is 0.388 e. The van der Waals surface area contributed by atoms with Gasteiger partial charge < -0.3 is 14.4 Å². The molecule has 7 heteroatoms. The van der Waals surface area contributed by atoms with E-state index in [1.54, 1.807) is 30.9 Å². The average Bonchev–Trinajstić information content (AvgIpc) is 3.06. The summed E-state index contributed by atoms with van der Waals surface area (Å²) in [5.74, 6) is 0.381. The van der Waals surface area contributed by atoms with E-state index in [1.807, 2.05) is 11.5 Å². The fraction of sp³-hybridized carbons (Fsp3) is 0.350. The number of aliphatic hydroxyl groups is 1. The number of nitrogens with zero attached hydrogens (tertiary/aromatic N) is 4. The van der Waals surface area contributed by atoms with Crippen molar-refractivity contribution < 1.29 is 14.2 Å². The van der Waals surface area contributed by atoms with E-state index in [0.29, 0.717) is 44.1 Å². The zero-order valence-corrected chi connectivity index (χ0v) is 15.1. The van der Waals surface area contributed by atoms with Gasteiger partial charge in [0.1, 0.15) is 11.6 Å². The molecule has 0 amide bonds. The molecule has 0 bridgehead atoms. The van der Waals surface area contributed by atoms with Crippen LogP contribution in [0.25, 0.3) is 22.5 Å². The van der Waals surface area contributed by atoms with Crippen molar-refractivity contribution in [1.82, 2.24) is 19.5 Å². The maximum Gasteiger partial charge on any atom is 0.125 e. The molecule has 0 unspecified atom stereocenters. The smallest absolute Gasteiger partial charge is 0.125 e. The third kappa shape index (κ3) is 3.74. The molecule has 1 saturated heterocycles. The number of halogens is 1. The zero-order chi connectivity index (χ0) is 18.9. The van der Waals surface area contributed by atoms with Gasteiger partial charge in [-0.15, -0.1) is 0 Å². The molecule has 0 atom stereocenters. The molecule has 1 aliphatic heterocycles. The molecular formula is C20H21FN4O2. The summed E-state index contributed by atoms with van der Waals surface area (Å²) in [5.41, 5.74) is 2.26. The third-order valence-corrected chi connectivity index (χ3v) is 4.90. The number of imidazole rings is 1. The number of hydrogen-bond donors (Lipinski definition) is 1. The molecule has 1 aliphatic rings. The van der Waals surface area contributed by atoms with Crippen LogP contribution in [0.5, 0.6) is 0 Å². The first kappa shape index (κ1) is 17.8. The summed E-state index contributed by atoms with van der Waals surface area (Å²) in [7, 11) is 0. The lowest BCUT2D eigenvalue weighted by Crippen LogP contribution is -2.40. The third-order valence-electron chi connectivity index (χ3n) is 4.90. The van der Waals surface area contributed by atoms with Crippen LogP contribution >= 0.6 is 0 Å². The van der Waals surface area contributed by atoms with Crippen LogP contribution in [0.15, 0.2) is 43.0 Å². The minimum absolute atomic E-state index is 0.296. The SMILES string of the molecule is Cc1ncc(-c2c(-c3ccc(F)cc3)ncn2CC2(O)CCOCC2)cn1. The van der Waals surface area contributed by atoms with Crippen molar-refractivity contribution in [3.63, 3.8) is 0 Å². The van der Waals surface area contributed by atoms with Gasteiger partial charge in [-0.25, -0.2) is 19.3 Å². The van der Waals surface area contributed by atoms with Crippen molar-refractivity contribution in [1.29, 1.82) is 0 Å². The molecule has 1 fully saturated rings. The van der Waals surface area contributed by atoms with Crippen LogP contribution in [0.2, 0.25) is 0 Å². The van der Waals surface area contributed by atoms with Crippen molar-refractivity contribution in [2.75, 3.05) is 13.2 Å². The van der Waals surface area contributed by atoms with Crippen LogP contribution in [0.1, 0.15) is 18.7 Å². The molecule has 4 rings (SSSR count). The Labute approximate surface area is 156 Å². The molecule has 3 aromatic rings. The van der Waals surface area contributed by atoms with Gasteiger partial charge in [0.25, 0.3) is 0 Å². The van der Waals surface area contributed by atoms with E-state index < -0.39 is 5.60 Å². The van der Waals surface area contributed by atoms with Crippen LogP contribution in [-0.2, 0) is 11.3 Å². The quantitative estimate of drug-likeness (QED) is 0.766. The fourth-order valence-electron chi connectivity index (χ4n) is 3.37. The van der Waals surface area contributed by atoms with Crippen molar-refractivity contribution in [3.05, 3.63) is 54.6 Å². The Bertz CT molecular complexity index is 916. The van der Waals surface area contributed by atoms with Crippen molar-refractivity contribution in [2.45, 2.75) is 31.9 Å². The molecule has 3 heterocycles. The highest BCUT2D eigenvalue weighted by molar-refractivity contribution is 5.77. The van der Waals surface area contributed by atoms with Crippen LogP contribution < -0.4 is 0 Å². The number of rotatable bonds is 4. The molecule has 27 heavy (non-hydrogen) atoms. The van der Waals surface area contributed by atoms with Gasteiger partial charge in [0.2, 0.25) is 0 Å². The van der Waals surface area contributed by atoms with E-state index in [9.17, 15) is 9.50 Å². The van der Waals surface area contributed by atoms with E-state index in [-0.39, 0.29) is 5.82 Å². The second-order valence-corrected chi connectivity index (χ2v) is 6.93. The minimum atomic E-state index is -0.848. The molecule has 140 valence electrons. The second kappa shape index (κ2) is 7.17. The standard InChI is InChI=1S/C20H21FN4O2/c1-14-22-10-16(11-23-14)19-18(15-2-4-17(21)5-3-15)24-13-25(19)12-20(26)6-8-27-9-7-20/h2-5,10-11,13,26H,6-9,12H2,1H3. The number of aryl methyl sites for hydroxylation is 1. The predicted octanol–water partition coefficient (Wildman–Crippen LogP) is 3.00. The van der Waals surface area contributed by atoms with Gasteiger partial charge in [-0.3, -0.25) is 0 Å². The van der Waals surface area contributed by atoms with Gasteiger partial charge in [0.05, 0.1) is 29.9 Å². The van der Waals surface area contributed by atoms with Gasteiger partial charge in [0.15, 0.2) is 0 Å². The lowest BCUT2D eigenvalue weighted by molar-refractivity contribution is -0.0725. The van der Waals surface area contributed by atoms with E-state index >= 15 is 0 Å². The number of ether oxygens (including phenoxy) is 1. The van der Waals surface area contributed by atoms with E-state index in [2.05, 4.69) is 15.0 Å². The average molecular weight is 368 g/mol. The predicted molar refractivity (Wildman–Crippen MR) is 98.4 cm³/mol. The molecule has 0 spiro atoms. The minimum Gasteiger partial charge on any atom is -0.388 e. The van der Waals surface area contributed by atoms with Gasteiger partial charge >= 0.3 is 0 Å². The van der Waals surface area contributed by atoms with E-state index in [1.165, 1.54) is 12.1 Å². The van der Waals surface area contributed by atoms with Crippen molar-refractivity contribution >= 4 is 0 Å². The van der Waals surface area contributed by atoms with Crippen molar-refractivity contribution in [2.24, 2.45) is 0 Å².